The quantitative estimate of drug-likeness (QED) is 0.728. The van der Waals surface area contributed by atoms with Gasteiger partial charge in [0.25, 0.3) is 0 Å². The molecule has 0 aliphatic carbocycles. The van der Waals surface area contributed by atoms with E-state index in [4.69, 9.17) is 10.5 Å². The molecule has 0 aromatic carbocycles. The lowest BCUT2D eigenvalue weighted by Gasteiger charge is -2.19. The standard InChI is InChI=1S/C11H13F3N2O4/c1-20-10-6(9(19)7(17)3-8(15)18)2-5(4-16-10)11(12,13)14/h2,4,7,9,17,19H,3H2,1H3,(H2,15,18). The minimum atomic E-state index is -4.66. The Hall–Kier alpha value is -1.87. The molecule has 0 spiro atoms. The fraction of sp³-hybridized carbons (Fsp3) is 0.455. The van der Waals surface area contributed by atoms with Gasteiger partial charge in [-0.15, -0.1) is 0 Å². The van der Waals surface area contributed by atoms with Crippen LogP contribution in [0, 0.1) is 0 Å². The van der Waals surface area contributed by atoms with Crippen LogP contribution in [0.25, 0.3) is 0 Å². The zero-order valence-electron chi connectivity index (χ0n) is 10.4. The summed E-state index contributed by atoms with van der Waals surface area (Å²) in [5, 5.41) is 19.3. The predicted molar refractivity (Wildman–Crippen MR) is 60.6 cm³/mol. The Morgan fingerprint density at radius 3 is 2.55 bits per heavy atom. The highest BCUT2D eigenvalue weighted by molar-refractivity contribution is 5.74. The highest BCUT2D eigenvalue weighted by atomic mass is 19.4. The van der Waals surface area contributed by atoms with Crippen LogP contribution in [-0.4, -0.2) is 34.3 Å². The molecule has 0 aliphatic heterocycles. The molecule has 9 heteroatoms. The van der Waals surface area contributed by atoms with E-state index in [-0.39, 0.29) is 11.4 Å². The minimum Gasteiger partial charge on any atom is -0.481 e. The molecule has 0 bridgehead atoms. The van der Waals surface area contributed by atoms with Gasteiger partial charge in [-0.1, -0.05) is 0 Å². The number of aliphatic hydroxyl groups is 2. The molecule has 1 rings (SSSR count). The largest absolute Gasteiger partial charge is 0.481 e. The van der Waals surface area contributed by atoms with Crippen LogP contribution in [-0.2, 0) is 11.0 Å². The zero-order valence-corrected chi connectivity index (χ0v) is 10.4. The first-order valence-electron chi connectivity index (χ1n) is 5.42. The summed E-state index contributed by atoms with van der Waals surface area (Å²) in [5.41, 5.74) is 3.35. The van der Waals surface area contributed by atoms with Gasteiger partial charge in [0, 0.05) is 11.8 Å². The van der Waals surface area contributed by atoms with Crippen molar-refractivity contribution in [2.24, 2.45) is 5.73 Å². The van der Waals surface area contributed by atoms with Crippen LogP contribution in [0.15, 0.2) is 12.3 Å². The van der Waals surface area contributed by atoms with Gasteiger partial charge in [-0.25, -0.2) is 4.98 Å². The number of aliphatic hydroxyl groups excluding tert-OH is 2. The van der Waals surface area contributed by atoms with E-state index in [0.717, 1.165) is 7.11 Å². The summed E-state index contributed by atoms with van der Waals surface area (Å²) in [5.74, 6) is -1.19. The van der Waals surface area contributed by atoms with Gasteiger partial charge in [0.2, 0.25) is 11.8 Å². The summed E-state index contributed by atoms with van der Waals surface area (Å²) in [7, 11) is 1.15. The molecular formula is C11H13F3N2O4. The number of nitrogens with zero attached hydrogens (tertiary/aromatic N) is 1. The topological polar surface area (TPSA) is 106 Å². The van der Waals surface area contributed by atoms with E-state index in [1.165, 1.54) is 0 Å². The van der Waals surface area contributed by atoms with Crippen molar-refractivity contribution in [1.82, 2.24) is 4.98 Å². The van der Waals surface area contributed by atoms with Gasteiger partial charge >= 0.3 is 6.18 Å². The van der Waals surface area contributed by atoms with Gasteiger partial charge in [0.15, 0.2) is 0 Å². The molecule has 0 saturated heterocycles. The Kier molecular flexibility index (Phi) is 4.90. The van der Waals surface area contributed by atoms with Crippen LogP contribution in [0.5, 0.6) is 5.88 Å². The number of nitrogens with two attached hydrogens (primary N) is 1. The van der Waals surface area contributed by atoms with Crippen LogP contribution < -0.4 is 10.5 Å². The van der Waals surface area contributed by atoms with Gasteiger partial charge in [0.05, 0.1) is 25.2 Å². The van der Waals surface area contributed by atoms with Crippen molar-refractivity contribution in [2.45, 2.75) is 24.8 Å². The number of alkyl halides is 3. The molecule has 2 atom stereocenters. The third-order valence-corrected chi connectivity index (χ3v) is 2.49. The maximum absolute atomic E-state index is 12.6. The summed E-state index contributed by atoms with van der Waals surface area (Å²) in [4.78, 5) is 14.1. The van der Waals surface area contributed by atoms with Gasteiger partial charge in [0.1, 0.15) is 6.10 Å². The first kappa shape index (κ1) is 16.2. The van der Waals surface area contributed by atoms with Gasteiger partial charge < -0.3 is 20.7 Å². The third kappa shape index (κ3) is 3.81. The van der Waals surface area contributed by atoms with Crippen molar-refractivity contribution in [3.8, 4) is 5.88 Å². The molecule has 1 heterocycles. The van der Waals surface area contributed by atoms with Crippen LogP contribution in [0.3, 0.4) is 0 Å². The average Bonchev–Trinajstić information content (AvgIpc) is 2.35. The molecule has 1 amide bonds. The number of methoxy groups -OCH3 is 1. The van der Waals surface area contributed by atoms with E-state index in [1.54, 1.807) is 0 Å². The van der Waals surface area contributed by atoms with E-state index in [2.05, 4.69) is 4.98 Å². The second kappa shape index (κ2) is 6.06. The molecular weight excluding hydrogens is 281 g/mol. The fourth-order valence-corrected chi connectivity index (χ4v) is 1.53. The van der Waals surface area contributed by atoms with Crippen molar-refractivity contribution in [3.63, 3.8) is 0 Å². The molecule has 2 unspecified atom stereocenters. The number of amides is 1. The lowest BCUT2D eigenvalue weighted by molar-refractivity contribution is -0.138. The number of carbonyl (C=O) groups excluding carboxylic acids is 1. The molecule has 112 valence electrons. The third-order valence-electron chi connectivity index (χ3n) is 2.49. The number of pyridine rings is 1. The molecule has 0 fully saturated rings. The number of aromatic nitrogens is 1. The lowest BCUT2D eigenvalue weighted by Crippen LogP contribution is -2.26. The van der Waals surface area contributed by atoms with E-state index < -0.39 is 36.3 Å². The Labute approximate surface area is 112 Å². The van der Waals surface area contributed by atoms with Crippen LogP contribution in [0.1, 0.15) is 23.7 Å². The van der Waals surface area contributed by atoms with E-state index in [0.29, 0.717) is 12.3 Å². The molecule has 6 nitrogen and oxygen atoms in total. The summed E-state index contributed by atoms with van der Waals surface area (Å²) in [6.45, 7) is 0. The van der Waals surface area contributed by atoms with Crippen LogP contribution in [0.4, 0.5) is 13.2 Å². The number of rotatable bonds is 5. The van der Waals surface area contributed by atoms with Crippen molar-refractivity contribution in [2.75, 3.05) is 7.11 Å². The molecule has 0 aliphatic rings. The monoisotopic (exact) mass is 294 g/mol. The van der Waals surface area contributed by atoms with Gasteiger partial charge in [-0.2, -0.15) is 13.2 Å². The number of primary amides is 1. The van der Waals surface area contributed by atoms with Crippen molar-refractivity contribution < 1.29 is 32.9 Å². The van der Waals surface area contributed by atoms with Crippen molar-refractivity contribution in [3.05, 3.63) is 23.4 Å². The fourth-order valence-electron chi connectivity index (χ4n) is 1.53. The number of hydrogen-bond donors (Lipinski definition) is 3. The summed E-state index contributed by atoms with van der Waals surface area (Å²) in [6, 6.07) is 0.598. The Morgan fingerprint density at radius 1 is 1.50 bits per heavy atom. The van der Waals surface area contributed by atoms with Gasteiger partial charge in [-0.3, -0.25) is 4.79 Å². The molecule has 20 heavy (non-hydrogen) atoms. The Morgan fingerprint density at radius 2 is 2.10 bits per heavy atom. The minimum absolute atomic E-state index is 0.283. The molecule has 0 saturated carbocycles. The molecule has 1 aromatic rings. The van der Waals surface area contributed by atoms with Gasteiger partial charge in [-0.05, 0) is 6.07 Å². The number of ether oxygens (including phenoxy) is 1. The second-order valence-electron chi connectivity index (χ2n) is 4.00. The summed E-state index contributed by atoms with van der Waals surface area (Å²) in [6.07, 6.45) is -8.18. The summed E-state index contributed by atoms with van der Waals surface area (Å²) < 4.78 is 42.5. The van der Waals surface area contributed by atoms with E-state index in [1.807, 2.05) is 0 Å². The van der Waals surface area contributed by atoms with E-state index >= 15 is 0 Å². The van der Waals surface area contributed by atoms with Crippen molar-refractivity contribution in [1.29, 1.82) is 0 Å². The Bertz CT molecular complexity index is 493. The molecule has 4 N–H and O–H groups in total. The van der Waals surface area contributed by atoms with Crippen molar-refractivity contribution >= 4 is 5.91 Å². The van der Waals surface area contributed by atoms with Crippen LogP contribution >= 0.6 is 0 Å². The molecule has 1 aromatic heterocycles. The number of carbonyl (C=O) groups is 1. The summed E-state index contributed by atoms with van der Waals surface area (Å²) >= 11 is 0. The predicted octanol–water partition coefficient (Wildman–Crippen LogP) is 0.379. The lowest BCUT2D eigenvalue weighted by atomic mass is 10.0. The molecule has 0 radical (unpaired) electrons. The first-order chi connectivity index (χ1) is 9.16. The maximum atomic E-state index is 12.6. The smallest absolute Gasteiger partial charge is 0.417 e. The second-order valence-corrected chi connectivity index (χ2v) is 4.00. The number of hydrogen-bond acceptors (Lipinski definition) is 5. The highest BCUT2D eigenvalue weighted by Crippen LogP contribution is 2.34. The SMILES string of the molecule is COc1ncc(C(F)(F)F)cc1C(O)C(O)CC(N)=O. The van der Waals surface area contributed by atoms with E-state index in [9.17, 15) is 28.2 Å². The zero-order chi connectivity index (χ0) is 15.5. The van der Waals surface area contributed by atoms with Crippen LogP contribution in [0.2, 0.25) is 0 Å². The average molecular weight is 294 g/mol. The highest BCUT2D eigenvalue weighted by Gasteiger charge is 2.34. The Balaban J connectivity index is 3.16. The first-order valence-corrected chi connectivity index (χ1v) is 5.42. The number of halogens is 3. The normalized spacial score (nSPS) is 14.7. The maximum Gasteiger partial charge on any atom is 0.417 e.